The Hall–Kier alpha value is -2.34. The molecule has 0 aliphatic heterocycles. The number of nitrogens with zero attached hydrogens (tertiary/aromatic N) is 1. The quantitative estimate of drug-likeness (QED) is 0.767. The highest BCUT2D eigenvalue weighted by atomic mass is 16.3. The van der Waals surface area contributed by atoms with Crippen molar-refractivity contribution in [2.45, 2.75) is 6.42 Å². The summed E-state index contributed by atoms with van der Waals surface area (Å²) in [6, 6.07) is 8.77. The number of hydrogen-bond donors (Lipinski definition) is 0. The van der Waals surface area contributed by atoms with Gasteiger partial charge in [0.1, 0.15) is 5.58 Å². The first-order chi connectivity index (χ1) is 7.81. The van der Waals surface area contributed by atoms with E-state index in [0.717, 1.165) is 5.56 Å². The summed E-state index contributed by atoms with van der Waals surface area (Å²) in [5.74, 6) is 0. The molecule has 3 nitrogen and oxygen atoms in total. The van der Waals surface area contributed by atoms with Crippen LogP contribution >= 0.6 is 0 Å². The molecule has 0 unspecified atom stereocenters. The number of allylic oxidation sites excluding steroid dienone is 1. The van der Waals surface area contributed by atoms with Crippen LogP contribution in [0.3, 0.4) is 0 Å². The summed E-state index contributed by atoms with van der Waals surface area (Å²) in [6.45, 7) is 0. The summed E-state index contributed by atoms with van der Waals surface area (Å²) in [7, 11) is 0. The van der Waals surface area contributed by atoms with Crippen molar-refractivity contribution in [3.8, 4) is 6.07 Å². The van der Waals surface area contributed by atoms with E-state index in [1.165, 1.54) is 12.3 Å². The maximum absolute atomic E-state index is 11.5. The van der Waals surface area contributed by atoms with Crippen molar-refractivity contribution in [2.75, 3.05) is 0 Å². The van der Waals surface area contributed by atoms with E-state index in [9.17, 15) is 4.79 Å². The lowest BCUT2D eigenvalue weighted by atomic mass is 10.1. The van der Waals surface area contributed by atoms with Crippen LogP contribution in [0.5, 0.6) is 0 Å². The molecular formula is C13H9NO2. The summed E-state index contributed by atoms with van der Waals surface area (Å²) in [5, 5.41) is 8.95. The lowest BCUT2D eigenvalue weighted by Crippen LogP contribution is -1.97. The predicted octanol–water partition coefficient (Wildman–Crippen LogP) is 2.72. The minimum Gasteiger partial charge on any atom is -0.464 e. The second kappa shape index (κ2) is 4.45. The second-order valence-electron chi connectivity index (χ2n) is 3.31. The molecular weight excluding hydrogens is 202 g/mol. The van der Waals surface area contributed by atoms with Gasteiger partial charge in [0.2, 0.25) is 0 Å². The Kier molecular flexibility index (Phi) is 2.84. The second-order valence-corrected chi connectivity index (χ2v) is 3.31. The van der Waals surface area contributed by atoms with Crippen molar-refractivity contribution in [1.82, 2.24) is 0 Å². The Bertz CT molecular complexity index is 632. The Morgan fingerprint density at radius 1 is 1.38 bits per heavy atom. The van der Waals surface area contributed by atoms with E-state index in [-0.39, 0.29) is 5.43 Å². The summed E-state index contributed by atoms with van der Waals surface area (Å²) in [5.41, 5.74) is 1.41. The first kappa shape index (κ1) is 10.2. The van der Waals surface area contributed by atoms with Crippen LogP contribution in [0.2, 0.25) is 0 Å². The van der Waals surface area contributed by atoms with Crippen LogP contribution in [0.15, 0.2) is 45.8 Å². The number of rotatable bonds is 2. The molecule has 0 aliphatic rings. The molecule has 0 spiro atoms. The van der Waals surface area contributed by atoms with Crippen molar-refractivity contribution < 1.29 is 4.42 Å². The zero-order chi connectivity index (χ0) is 11.4. The highest BCUT2D eigenvalue weighted by Gasteiger charge is 1.99. The fraction of sp³-hybridized carbons (Fsp3) is 0.0769. The maximum atomic E-state index is 11.5. The molecule has 78 valence electrons. The third-order valence-electron chi connectivity index (χ3n) is 2.20. The van der Waals surface area contributed by atoms with Crippen LogP contribution in [0.25, 0.3) is 17.0 Å². The van der Waals surface area contributed by atoms with Crippen LogP contribution in [-0.2, 0) is 0 Å². The largest absolute Gasteiger partial charge is 0.464 e. The van der Waals surface area contributed by atoms with Gasteiger partial charge >= 0.3 is 0 Å². The van der Waals surface area contributed by atoms with E-state index in [1.807, 2.05) is 18.2 Å². The average molecular weight is 211 g/mol. The van der Waals surface area contributed by atoms with Gasteiger partial charge in [0.25, 0.3) is 0 Å². The highest BCUT2D eigenvalue weighted by Crippen LogP contribution is 2.13. The Balaban J connectivity index is 2.48. The summed E-state index contributed by atoms with van der Waals surface area (Å²) in [6.07, 6.45) is 5.32. The Morgan fingerprint density at radius 3 is 3.06 bits per heavy atom. The van der Waals surface area contributed by atoms with Crippen molar-refractivity contribution in [3.05, 3.63) is 52.4 Å². The molecule has 0 saturated carbocycles. The molecule has 0 amide bonds. The molecule has 0 radical (unpaired) electrons. The molecule has 0 aliphatic carbocycles. The van der Waals surface area contributed by atoms with E-state index < -0.39 is 0 Å². The molecule has 0 bridgehead atoms. The van der Waals surface area contributed by atoms with Crippen LogP contribution in [0, 0.1) is 11.3 Å². The van der Waals surface area contributed by atoms with Crippen LogP contribution in [-0.4, -0.2) is 0 Å². The minimum atomic E-state index is -0.0585. The zero-order valence-electron chi connectivity index (χ0n) is 8.51. The van der Waals surface area contributed by atoms with Gasteiger partial charge < -0.3 is 4.42 Å². The fourth-order valence-electron chi connectivity index (χ4n) is 1.45. The molecule has 0 saturated heterocycles. The predicted molar refractivity (Wildman–Crippen MR) is 61.7 cm³/mol. The third kappa shape index (κ3) is 2.01. The van der Waals surface area contributed by atoms with Gasteiger partial charge in [0.15, 0.2) is 5.43 Å². The summed E-state index contributed by atoms with van der Waals surface area (Å²) in [4.78, 5) is 11.5. The summed E-state index contributed by atoms with van der Waals surface area (Å²) >= 11 is 0. The monoisotopic (exact) mass is 211 g/mol. The van der Waals surface area contributed by atoms with E-state index in [4.69, 9.17) is 9.68 Å². The molecule has 2 rings (SSSR count). The molecule has 16 heavy (non-hydrogen) atoms. The van der Waals surface area contributed by atoms with Crippen molar-refractivity contribution >= 4 is 17.0 Å². The third-order valence-corrected chi connectivity index (χ3v) is 2.20. The first-order valence-corrected chi connectivity index (χ1v) is 4.86. The topological polar surface area (TPSA) is 54.0 Å². The van der Waals surface area contributed by atoms with Crippen molar-refractivity contribution in [2.24, 2.45) is 0 Å². The van der Waals surface area contributed by atoms with Gasteiger partial charge in [-0.3, -0.25) is 4.79 Å². The smallest absolute Gasteiger partial charge is 0.192 e. The molecule has 0 N–H and O–H groups in total. The summed E-state index contributed by atoms with van der Waals surface area (Å²) < 4.78 is 5.20. The van der Waals surface area contributed by atoms with Gasteiger partial charge in [0, 0.05) is 6.07 Å². The molecule has 1 aromatic heterocycles. The number of fused-ring (bicyclic) bond motifs is 1. The van der Waals surface area contributed by atoms with E-state index in [0.29, 0.717) is 17.4 Å². The normalized spacial score (nSPS) is 10.7. The SMILES string of the molecule is N#CCC=Cc1ccc2occc(=O)c2c1. The number of nitriles is 1. The van der Waals surface area contributed by atoms with Gasteiger partial charge in [0.05, 0.1) is 24.1 Å². The Labute approximate surface area is 92.2 Å². The lowest BCUT2D eigenvalue weighted by molar-refractivity contribution is 0.602. The molecule has 1 aromatic carbocycles. The van der Waals surface area contributed by atoms with Crippen LogP contribution in [0.1, 0.15) is 12.0 Å². The molecule has 3 heteroatoms. The highest BCUT2D eigenvalue weighted by molar-refractivity contribution is 5.79. The van der Waals surface area contributed by atoms with Gasteiger partial charge in [-0.1, -0.05) is 18.2 Å². The lowest BCUT2D eigenvalue weighted by Gasteiger charge is -1.97. The number of benzene rings is 1. The molecule has 0 fully saturated rings. The van der Waals surface area contributed by atoms with Gasteiger partial charge in [-0.2, -0.15) is 5.26 Å². The van der Waals surface area contributed by atoms with E-state index >= 15 is 0 Å². The number of hydrogen-bond acceptors (Lipinski definition) is 3. The van der Waals surface area contributed by atoms with Crippen molar-refractivity contribution in [1.29, 1.82) is 5.26 Å². The Morgan fingerprint density at radius 2 is 2.25 bits per heavy atom. The van der Waals surface area contributed by atoms with Gasteiger partial charge in [-0.15, -0.1) is 0 Å². The molecule has 2 aromatic rings. The standard InChI is InChI=1S/C13H9NO2/c14-7-2-1-3-10-4-5-13-11(9-10)12(15)6-8-16-13/h1,3-6,8-9H,2H2. The first-order valence-electron chi connectivity index (χ1n) is 4.86. The van der Waals surface area contributed by atoms with Gasteiger partial charge in [-0.05, 0) is 17.7 Å². The van der Waals surface area contributed by atoms with Crippen LogP contribution < -0.4 is 5.43 Å². The van der Waals surface area contributed by atoms with Crippen LogP contribution in [0.4, 0.5) is 0 Å². The minimum absolute atomic E-state index is 0.0585. The molecule has 1 heterocycles. The van der Waals surface area contributed by atoms with Gasteiger partial charge in [-0.25, -0.2) is 0 Å². The van der Waals surface area contributed by atoms with E-state index in [2.05, 4.69) is 0 Å². The van der Waals surface area contributed by atoms with E-state index in [1.54, 1.807) is 18.2 Å². The molecule has 0 atom stereocenters. The fourth-order valence-corrected chi connectivity index (χ4v) is 1.45. The van der Waals surface area contributed by atoms with Crippen molar-refractivity contribution in [3.63, 3.8) is 0 Å². The average Bonchev–Trinajstić information content (AvgIpc) is 2.30. The zero-order valence-corrected chi connectivity index (χ0v) is 8.51. The maximum Gasteiger partial charge on any atom is 0.192 e.